The molecule has 0 aliphatic heterocycles. The van der Waals surface area contributed by atoms with E-state index in [0.29, 0.717) is 22.0 Å². The average Bonchev–Trinajstić information content (AvgIpc) is 3.18. The van der Waals surface area contributed by atoms with E-state index in [-0.39, 0.29) is 18.8 Å². The number of aromatic nitrogens is 4. The maximum absolute atomic E-state index is 12.6. The van der Waals surface area contributed by atoms with Gasteiger partial charge in [-0.05, 0) is 60.0 Å². The third-order valence-corrected chi connectivity index (χ3v) is 6.11. The second kappa shape index (κ2) is 10.3. The lowest BCUT2D eigenvalue weighted by atomic mass is 10.1. The van der Waals surface area contributed by atoms with Crippen molar-refractivity contribution >= 4 is 33.2 Å². The Bertz CT molecular complexity index is 1570. The van der Waals surface area contributed by atoms with Crippen molar-refractivity contribution in [2.45, 2.75) is 20.0 Å². The van der Waals surface area contributed by atoms with E-state index in [9.17, 15) is 18.0 Å². The number of nitrogens with one attached hydrogen (secondary N) is 2. The monoisotopic (exact) mass is 526 g/mol. The van der Waals surface area contributed by atoms with Crippen LogP contribution in [0.15, 0.2) is 72.0 Å². The van der Waals surface area contributed by atoms with Gasteiger partial charge < -0.3 is 9.88 Å². The number of sulfonamides is 1. The lowest BCUT2D eigenvalue weighted by Crippen LogP contribution is -2.34. The molecule has 0 saturated heterocycles. The molecule has 1 amide bonds. The molecule has 2 aliphatic rings. The predicted molar refractivity (Wildman–Crippen MR) is 138 cm³/mol. The fourth-order valence-corrected chi connectivity index (χ4v) is 4.21. The lowest BCUT2D eigenvalue weighted by molar-refractivity contribution is -0.121. The van der Waals surface area contributed by atoms with Crippen LogP contribution in [-0.4, -0.2) is 39.9 Å². The smallest absolute Gasteiger partial charge is 0.275 e. The van der Waals surface area contributed by atoms with Gasteiger partial charge in [-0.3, -0.25) is 14.3 Å². The molecule has 0 spiro atoms. The number of carbonyl (C=O) groups excluding carboxylic acids is 1. The standard InChI is InChI=1S/C18H19ClN6O4S.C6H4/c1-12-3-5-15(23-30(2,28)29)18(27)24(12)9-17(26)21-8-13-7-14(19)4-6-16(13)25-11-20-10-22-25;1-2-5-4-6(5)3-1/h3-7,10-11,23H,8-9H2,1-2H3,(H,21,26);1-4H. The molecule has 0 unspecified atom stereocenters. The zero-order chi connectivity index (χ0) is 25.9. The van der Waals surface area contributed by atoms with Crippen LogP contribution in [0.25, 0.3) is 16.8 Å². The minimum absolute atomic E-state index is 0.126. The molecule has 3 aromatic rings. The normalized spacial score (nSPS) is 11.3. The molecule has 186 valence electrons. The Morgan fingerprint density at radius 3 is 2.42 bits per heavy atom. The van der Waals surface area contributed by atoms with Crippen LogP contribution in [-0.2, 0) is 27.9 Å². The van der Waals surface area contributed by atoms with Crippen molar-refractivity contribution in [3.63, 3.8) is 0 Å². The molecule has 0 bridgehead atoms. The van der Waals surface area contributed by atoms with Gasteiger partial charge >= 0.3 is 0 Å². The highest BCUT2D eigenvalue weighted by Crippen LogP contribution is 2.32. The number of rotatable bonds is 7. The summed E-state index contributed by atoms with van der Waals surface area (Å²) in [5, 5.41) is 7.32. The van der Waals surface area contributed by atoms with Gasteiger partial charge in [0, 0.05) is 17.3 Å². The molecule has 10 nitrogen and oxygen atoms in total. The maximum atomic E-state index is 12.6. The summed E-state index contributed by atoms with van der Waals surface area (Å²) in [5.41, 5.74) is 4.04. The van der Waals surface area contributed by atoms with Gasteiger partial charge in [0.1, 0.15) is 24.9 Å². The van der Waals surface area contributed by atoms with Gasteiger partial charge in [-0.2, -0.15) is 5.10 Å². The first-order valence-corrected chi connectivity index (χ1v) is 13.1. The third-order valence-electron chi connectivity index (χ3n) is 5.29. The molecular weight excluding hydrogens is 504 g/mol. The molecular formula is C24H23ClN6O4S. The first-order chi connectivity index (χ1) is 17.1. The van der Waals surface area contributed by atoms with Gasteiger partial charge in [0.25, 0.3) is 5.56 Å². The minimum Gasteiger partial charge on any atom is -0.350 e. The largest absolute Gasteiger partial charge is 0.350 e. The molecule has 12 heteroatoms. The summed E-state index contributed by atoms with van der Waals surface area (Å²) >= 11 is 6.08. The van der Waals surface area contributed by atoms with Crippen molar-refractivity contribution in [1.82, 2.24) is 24.6 Å². The van der Waals surface area contributed by atoms with Crippen molar-refractivity contribution in [2.75, 3.05) is 11.0 Å². The molecule has 0 radical (unpaired) electrons. The average molecular weight is 527 g/mol. The molecule has 0 fully saturated rings. The summed E-state index contributed by atoms with van der Waals surface area (Å²) in [6.45, 7) is 1.52. The number of anilines is 1. The number of hydrogen-bond acceptors (Lipinski definition) is 6. The summed E-state index contributed by atoms with van der Waals surface area (Å²) in [4.78, 5) is 29.0. The van der Waals surface area contributed by atoms with E-state index in [4.69, 9.17) is 11.6 Å². The van der Waals surface area contributed by atoms with Crippen LogP contribution in [0, 0.1) is 6.92 Å². The zero-order valence-corrected chi connectivity index (χ0v) is 21.0. The topological polar surface area (TPSA) is 128 Å². The van der Waals surface area contributed by atoms with E-state index in [1.807, 2.05) is 0 Å². The highest BCUT2D eigenvalue weighted by atomic mass is 35.5. The molecule has 0 saturated carbocycles. The van der Waals surface area contributed by atoms with E-state index in [1.54, 1.807) is 35.9 Å². The number of carbonyl (C=O) groups is 1. The minimum atomic E-state index is -3.62. The fraction of sp³-hybridized carbons (Fsp3) is 0.167. The van der Waals surface area contributed by atoms with E-state index in [0.717, 1.165) is 6.26 Å². The van der Waals surface area contributed by atoms with E-state index in [1.165, 1.54) is 34.4 Å². The van der Waals surface area contributed by atoms with Crippen LogP contribution >= 0.6 is 11.6 Å². The van der Waals surface area contributed by atoms with Crippen molar-refractivity contribution in [3.05, 3.63) is 93.9 Å². The lowest BCUT2D eigenvalue weighted by Gasteiger charge is -2.14. The van der Waals surface area contributed by atoms with Crippen molar-refractivity contribution in [3.8, 4) is 16.8 Å². The Kier molecular flexibility index (Phi) is 7.22. The molecule has 2 aromatic heterocycles. The number of amides is 1. The van der Waals surface area contributed by atoms with Crippen molar-refractivity contribution in [1.29, 1.82) is 0 Å². The SMILES string of the molecule is Cc1ccc(NS(C)(=O)=O)c(=O)n1CC(=O)NCc1cc(Cl)ccc1-n1cncn1.c1cc2cc-2c1. The van der Waals surface area contributed by atoms with Crippen LogP contribution in [0.4, 0.5) is 5.69 Å². The van der Waals surface area contributed by atoms with Crippen LogP contribution < -0.4 is 15.6 Å². The summed E-state index contributed by atoms with van der Waals surface area (Å²) in [6.07, 6.45) is 3.86. The summed E-state index contributed by atoms with van der Waals surface area (Å²) < 4.78 is 27.7. The van der Waals surface area contributed by atoms with Gasteiger partial charge in [0.2, 0.25) is 15.9 Å². The maximum Gasteiger partial charge on any atom is 0.275 e. The van der Waals surface area contributed by atoms with Gasteiger partial charge in [0.15, 0.2) is 0 Å². The van der Waals surface area contributed by atoms with Crippen LogP contribution in [0.5, 0.6) is 0 Å². The molecule has 2 N–H and O–H groups in total. The fourth-order valence-electron chi connectivity index (χ4n) is 3.47. The van der Waals surface area contributed by atoms with E-state index < -0.39 is 21.5 Å². The second-order valence-electron chi connectivity index (χ2n) is 8.12. The van der Waals surface area contributed by atoms with Crippen LogP contribution in [0.2, 0.25) is 5.02 Å². The number of hydrogen-bond donors (Lipinski definition) is 2. The Hall–Kier alpha value is -3.96. The van der Waals surface area contributed by atoms with Crippen molar-refractivity contribution < 1.29 is 13.2 Å². The molecule has 36 heavy (non-hydrogen) atoms. The Morgan fingerprint density at radius 2 is 1.83 bits per heavy atom. The predicted octanol–water partition coefficient (Wildman–Crippen LogP) is 2.75. The Labute approximate surface area is 212 Å². The number of nitrogens with zero attached hydrogens (tertiary/aromatic N) is 4. The Morgan fingerprint density at radius 1 is 1.08 bits per heavy atom. The van der Waals surface area contributed by atoms with Gasteiger partial charge in [-0.25, -0.2) is 18.1 Å². The number of aryl methyl sites for hydroxylation is 1. The number of fused-ring (bicyclic) bond motifs is 1. The molecule has 2 heterocycles. The molecule has 0 atom stereocenters. The molecule has 1 aromatic carbocycles. The number of pyridine rings is 1. The molecule has 5 rings (SSSR count). The van der Waals surface area contributed by atoms with E-state index >= 15 is 0 Å². The van der Waals surface area contributed by atoms with Crippen LogP contribution in [0.1, 0.15) is 11.3 Å². The quantitative estimate of drug-likeness (QED) is 0.335. The number of benzene rings is 2. The summed E-state index contributed by atoms with van der Waals surface area (Å²) in [6, 6.07) is 16.6. The summed E-state index contributed by atoms with van der Waals surface area (Å²) in [7, 11) is -3.62. The first kappa shape index (κ1) is 25.1. The van der Waals surface area contributed by atoms with Gasteiger partial charge in [-0.15, -0.1) is 0 Å². The summed E-state index contributed by atoms with van der Waals surface area (Å²) in [5.74, 6) is -0.429. The third kappa shape index (κ3) is 6.37. The highest BCUT2D eigenvalue weighted by Gasteiger charge is 2.14. The van der Waals surface area contributed by atoms with E-state index in [2.05, 4.69) is 44.4 Å². The Balaban J connectivity index is 0.000000434. The van der Waals surface area contributed by atoms with Gasteiger partial charge in [0.05, 0.1) is 11.9 Å². The first-order valence-electron chi connectivity index (χ1n) is 10.8. The number of halogens is 1. The molecule has 2 aliphatic carbocycles. The second-order valence-corrected chi connectivity index (χ2v) is 10.3. The van der Waals surface area contributed by atoms with Crippen LogP contribution in [0.3, 0.4) is 0 Å². The zero-order valence-electron chi connectivity index (χ0n) is 19.5. The van der Waals surface area contributed by atoms with Gasteiger partial charge in [-0.1, -0.05) is 29.8 Å². The highest BCUT2D eigenvalue weighted by molar-refractivity contribution is 7.92. The van der Waals surface area contributed by atoms with Crippen molar-refractivity contribution in [2.24, 2.45) is 0 Å².